The van der Waals surface area contributed by atoms with E-state index in [2.05, 4.69) is 10.2 Å². The summed E-state index contributed by atoms with van der Waals surface area (Å²) in [7, 11) is 0. The van der Waals surface area contributed by atoms with Crippen molar-refractivity contribution in [1.82, 2.24) is 10.2 Å². The van der Waals surface area contributed by atoms with Gasteiger partial charge in [-0.1, -0.05) is 42.5 Å². The lowest BCUT2D eigenvalue weighted by Crippen LogP contribution is -2.52. The number of rotatable bonds is 8. The number of amides is 1. The molecule has 0 radical (unpaired) electrons. The van der Waals surface area contributed by atoms with Crippen molar-refractivity contribution >= 4 is 12.1 Å². The van der Waals surface area contributed by atoms with E-state index >= 15 is 0 Å². The molecule has 1 unspecified atom stereocenters. The number of nitrogens with zero attached hydrogens (tertiary/aromatic N) is 1. The van der Waals surface area contributed by atoms with E-state index in [4.69, 9.17) is 9.47 Å². The number of ether oxygens (including phenoxy) is 2. The number of piperidine rings is 3. The van der Waals surface area contributed by atoms with Gasteiger partial charge in [-0.05, 0) is 78.9 Å². The van der Waals surface area contributed by atoms with Crippen molar-refractivity contribution in [1.29, 1.82) is 0 Å². The second kappa shape index (κ2) is 11.0. The zero-order chi connectivity index (χ0) is 25.8. The summed E-state index contributed by atoms with van der Waals surface area (Å²) in [5.74, 6) is -0.925. The van der Waals surface area contributed by atoms with Gasteiger partial charge in [0.15, 0.2) is 0 Å². The van der Waals surface area contributed by atoms with Crippen molar-refractivity contribution in [2.75, 3.05) is 19.6 Å². The number of alkyl carbamates (subject to hydrolysis) is 1. The smallest absolute Gasteiger partial charge is 0.408 e. The van der Waals surface area contributed by atoms with Crippen LogP contribution in [0.25, 0.3) is 0 Å². The van der Waals surface area contributed by atoms with Gasteiger partial charge in [0.1, 0.15) is 24.3 Å². The number of halogens is 1. The summed E-state index contributed by atoms with van der Waals surface area (Å²) in [5.41, 5.74) is 1.95. The highest BCUT2D eigenvalue weighted by Gasteiger charge is 2.36. The Labute approximate surface area is 214 Å². The van der Waals surface area contributed by atoms with Crippen LogP contribution in [0.3, 0.4) is 0 Å². The van der Waals surface area contributed by atoms with Crippen molar-refractivity contribution in [2.24, 2.45) is 5.92 Å². The number of carboxylic acids is 1. The number of aromatic carboxylic acids is 1. The largest absolute Gasteiger partial charge is 0.489 e. The van der Waals surface area contributed by atoms with Gasteiger partial charge in [0, 0.05) is 6.54 Å². The molecule has 0 saturated carbocycles. The van der Waals surface area contributed by atoms with Crippen molar-refractivity contribution in [3.63, 3.8) is 0 Å². The summed E-state index contributed by atoms with van der Waals surface area (Å²) < 4.78 is 25.6. The summed E-state index contributed by atoms with van der Waals surface area (Å²) in [6, 6.07) is 20.0. The lowest BCUT2D eigenvalue weighted by atomic mass is 9.86. The van der Waals surface area contributed by atoms with Crippen LogP contribution in [-0.4, -0.2) is 47.8 Å². The van der Waals surface area contributed by atoms with E-state index in [-0.39, 0.29) is 18.3 Å². The van der Waals surface area contributed by atoms with Gasteiger partial charge in [0.2, 0.25) is 0 Å². The Morgan fingerprint density at radius 2 is 1.76 bits per heavy atom. The summed E-state index contributed by atoms with van der Waals surface area (Å²) in [6.45, 7) is 2.91. The van der Waals surface area contributed by atoms with Crippen LogP contribution in [0.15, 0.2) is 72.8 Å². The molecular formula is C29H29FN2O5. The van der Waals surface area contributed by atoms with E-state index in [9.17, 15) is 19.1 Å². The molecule has 3 saturated heterocycles. The first-order valence-electron chi connectivity index (χ1n) is 12.4. The first-order chi connectivity index (χ1) is 17.9. The molecule has 3 aliphatic heterocycles. The minimum atomic E-state index is -1.20. The third kappa shape index (κ3) is 6.09. The van der Waals surface area contributed by atoms with E-state index in [1.165, 1.54) is 12.1 Å². The standard InChI is InChI=1S/C29H29FN2O5/c30-24-14-19(13-23(15-24)28(33)34)18-36-25-8-4-7-22(16-25)27(21-5-2-1-3-6-21)31-29(35)37-26-17-32-11-9-20(26)10-12-32/h1-8,13-16,20,26-27H,9-12,17-18H2,(H,31,35)(H,33,34)/t26-,27?/m0/s1. The molecule has 0 aromatic heterocycles. The van der Waals surface area contributed by atoms with Crippen LogP contribution in [-0.2, 0) is 11.3 Å². The van der Waals surface area contributed by atoms with Crippen LogP contribution in [0.2, 0.25) is 0 Å². The Morgan fingerprint density at radius 3 is 2.46 bits per heavy atom. The van der Waals surface area contributed by atoms with Crippen LogP contribution in [0.5, 0.6) is 5.75 Å². The average molecular weight is 505 g/mol. The topological polar surface area (TPSA) is 88.1 Å². The predicted octanol–water partition coefficient (Wildman–Crippen LogP) is 5.01. The lowest BCUT2D eigenvalue weighted by Gasteiger charge is -2.43. The molecule has 0 spiro atoms. The Hall–Kier alpha value is -3.91. The Bertz CT molecular complexity index is 1260. The Kier molecular flexibility index (Phi) is 7.37. The van der Waals surface area contributed by atoms with Crippen LogP contribution in [0.4, 0.5) is 9.18 Å². The SMILES string of the molecule is O=C(NC(c1ccccc1)c1cccc(OCc2cc(F)cc(C(=O)O)c2)c1)O[C@H]1CN2CCC1CC2. The maximum atomic E-state index is 13.8. The average Bonchev–Trinajstić information content (AvgIpc) is 2.91. The molecule has 1 amide bonds. The van der Waals surface area contributed by atoms with Gasteiger partial charge in [-0.2, -0.15) is 0 Å². The highest BCUT2D eigenvalue weighted by atomic mass is 19.1. The molecule has 37 heavy (non-hydrogen) atoms. The molecule has 192 valence electrons. The van der Waals surface area contributed by atoms with Crippen molar-refractivity contribution in [3.8, 4) is 5.75 Å². The molecular weight excluding hydrogens is 475 g/mol. The van der Waals surface area contributed by atoms with Crippen LogP contribution < -0.4 is 10.1 Å². The second-order valence-electron chi connectivity index (χ2n) is 9.58. The summed E-state index contributed by atoms with van der Waals surface area (Å²) in [4.78, 5) is 26.6. The molecule has 0 aliphatic carbocycles. The first-order valence-corrected chi connectivity index (χ1v) is 12.4. The number of carbonyl (C=O) groups excluding carboxylic acids is 1. The van der Waals surface area contributed by atoms with Gasteiger partial charge in [-0.25, -0.2) is 14.0 Å². The number of hydrogen-bond donors (Lipinski definition) is 2. The monoisotopic (exact) mass is 504 g/mol. The second-order valence-corrected chi connectivity index (χ2v) is 9.58. The molecule has 3 heterocycles. The zero-order valence-corrected chi connectivity index (χ0v) is 20.3. The van der Waals surface area contributed by atoms with Crippen molar-refractivity contribution in [3.05, 3.63) is 101 Å². The van der Waals surface area contributed by atoms with E-state index in [0.29, 0.717) is 17.2 Å². The minimum Gasteiger partial charge on any atom is -0.489 e. The van der Waals surface area contributed by atoms with Crippen LogP contribution in [0.1, 0.15) is 45.9 Å². The molecule has 2 bridgehead atoms. The van der Waals surface area contributed by atoms with Gasteiger partial charge < -0.3 is 19.9 Å². The molecule has 8 heteroatoms. The number of carboxylic acid groups (broad SMARTS) is 1. The van der Waals surface area contributed by atoms with Crippen LogP contribution >= 0.6 is 0 Å². The van der Waals surface area contributed by atoms with Crippen molar-refractivity contribution in [2.45, 2.75) is 31.6 Å². The Morgan fingerprint density at radius 1 is 1.00 bits per heavy atom. The number of nitrogens with one attached hydrogen (secondary N) is 1. The number of hydrogen-bond acceptors (Lipinski definition) is 5. The first kappa shape index (κ1) is 24.8. The molecule has 3 fully saturated rings. The highest BCUT2D eigenvalue weighted by Crippen LogP contribution is 2.30. The van der Waals surface area contributed by atoms with Gasteiger partial charge in [0.25, 0.3) is 0 Å². The molecule has 3 aliphatic rings. The van der Waals surface area contributed by atoms with Gasteiger partial charge >= 0.3 is 12.1 Å². The maximum Gasteiger partial charge on any atom is 0.408 e. The third-order valence-electron chi connectivity index (χ3n) is 7.05. The predicted molar refractivity (Wildman–Crippen MR) is 135 cm³/mol. The molecule has 7 nitrogen and oxygen atoms in total. The summed E-state index contributed by atoms with van der Waals surface area (Å²) in [5, 5.41) is 12.2. The normalized spacial score (nSPS) is 21.2. The van der Waals surface area contributed by atoms with Gasteiger partial charge in [-0.15, -0.1) is 0 Å². The molecule has 2 atom stereocenters. The minimum absolute atomic E-state index is 0.00741. The van der Waals surface area contributed by atoms with E-state index in [1.807, 2.05) is 48.5 Å². The summed E-state index contributed by atoms with van der Waals surface area (Å²) in [6.07, 6.45) is 1.55. The van der Waals surface area contributed by atoms with Crippen LogP contribution in [0, 0.1) is 11.7 Å². The fraction of sp³-hybridized carbons (Fsp3) is 0.310. The van der Waals surface area contributed by atoms with Gasteiger partial charge in [-0.3, -0.25) is 4.90 Å². The van der Waals surface area contributed by atoms with Gasteiger partial charge in [0.05, 0.1) is 11.6 Å². The fourth-order valence-electron chi connectivity index (χ4n) is 5.15. The van der Waals surface area contributed by atoms with E-state index < -0.39 is 23.9 Å². The lowest BCUT2D eigenvalue weighted by molar-refractivity contribution is -0.0336. The molecule has 6 rings (SSSR count). The molecule has 3 aromatic rings. The molecule has 3 aromatic carbocycles. The fourth-order valence-corrected chi connectivity index (χ4v) is 5.15. The number of fused-ring (bicyclic) bond motifs is 3. The zero-order valence-electron chi connectivity index (χ0n) is 20.3. The maximum absolute atomic E-state index is 13.8. The number of benzene rings is 3. The van der Waals surface area contributed by atoms with E-state index in [1.54, 1.807) is 6.07 Å². The third-order valence-corrected chi connectivity index (χ3v) is 7.05. The summed E-state index contributed by atoms with van der Waals surface area (Å²) >= 11 is 0. The van der Waals surface area contributed by atoms with E-state index in [0.717, 1.165) is 49.7 Å². The van der Waals surface area contributed by atoms with Crippen molar-refractivity contribution < 1.29 is 28.6 Å². The highest BCUT2D eigenvalue weighted by molar-refractivity contribution is 5.87. The quantitative estimate of drug-likeness (QED) is 0.448. The number of carbonyl (C=O) groups is 2. The molecule has 2 N–H and O–H groups in total. The Balaban J connectivity index is 1.31.